The third kappa shape index (κ3) is 5.54. The van der Waals surface area contributed by atoms with Crippen LogP contribution < -0.4 is 14.2 Å². The molecule has 122 valence electrons. The van der Waals surface area contributed by atoms with Crippen molar-refractivity contribution in [2.24, 2.45) is 0 Å². The molecule has 5 heteroatoms. The van der Waals surface area contributed by atoms with Crippen LogP contribution in [-0.2, 0) is 4.79 Å². The number of carbonyl (C=O) groups excluding carboxylic acids is 1. The number of likely N-dealkylation sites (N-methyl/N-ethyl adjacent to an activating group) is 1. The molecule has 0 radical (unpaired) electrons. The van der Waals surface area contributed by atoms with Crippen LogP contribution in [0.1, 0.15) is 0 Å². The lowest BCUT2D eigenvalue weighted by Crippen LogP contribution is -2.34. The van der Waals surface area contributed by atoms with Gasteiger partial charge in [-0.2, -0.15) is 0 Å². The third-order valence-electron chi connectivity index (χ3n) is 3.29. The molecule has 5 nitrogen and oxygen atoms in total. The van der Waals surface area contributed by atoms with Gasteiger partial charge in [-0.25, -0.2) is 0 Å². The van der Waals surface area contributed by atoms with Crippen LogP contribution in [0, 0.1) is 0 Å². The molecule has 2 rings (SSSR count). The summed E-state index contributed by atoms with van der Waals surface area (Å²) in [6.45, 7) is 0.933. The number of hydrogen-bond donors (Lipinski definition) is 0. The number of methoxy groups -OCH3 is 1. The van der Waals surface area contributed by atoms with Crippen LogP contribution in [0.15, 0.2) is 54.6 Å². The van der Waals surface area contributed by atoms with Gasteiger partial charge in [0, 0.05) is 7.05 Å². The SMILES string of the molecule is COc1ccc(OCC(=O)N(C)CCOc2ccccc2)cc1. The second-order valence-corrected chi connectivity index (χ2v) is 4.94. The highest BCUT2D eigenvalue weighted by Gasteiger charge is 2.09. The first kappa shape index (κ1) is 16.7. The lowest BCUT2D eigenvalue weighted by molar-refractivity contribution is -0.132. The van der Waals surface area contributed by atoms with Crippen molar-refractivity contribution in [2.75, 3.05) is 33.9 Å². The van der Waals surface area contributed by atoms with E-state index in [2.05, 4.69) is 0 Å². The predicted octanol–water partition coefficient (Wildman–Crippen LogP) is 2.61. The number of benzene rings is 2. The Bertz CT molecular complexity index is 598. The van der Waals surface area contributed by atoms with E-state index >= 15 is 0 Å². The smallest absolute Gasteiger partial charge is 0.260 e. The van der Waals surface area contributed by atoms with Crippen LogP contribution in [0.2, 0.25) is 0 Å². The van der Waals surface area contributed by atoms with E-state index in [1.807, 2.05) is 30.3 Å². The summed E-state index contributed by atoms with van der Waals surface area (Å²) in [6.07, 6.45) is 0. The second-order valence-electron chi connectivity index (χ2n) is 4.94. The van der Waals surface area contributed by atoms with Crippen LogP contribution in [0.25, 0.3) is 0 Å². The van der Waals surface area contributed by atoms with Gasteiger partial charge in [0.2, 0.25) is 0 Å². The number of carbonyl (C=O) groups is 1. The van der Waals surface area contributed by atoms with E-state index in [9.17, 15) is 4.79 Å². The van der Waals surface area contributed by atoms with Gasteiger partial charge in [-0.1, -0.05) is 18.2 Å². The summed E-state index contributed by atoms with van der Waals surface area (Å²) in [6, 6.07) is 16.6. The Hall–Kier alpha value is -2.69. The van der Waals surface area contributed by atoms with Gasteiger partial charge in [0.25, 0.3) is 5.91 Å². The van der Waals surface area contributed by atoms with Gasteiger partial charge in [0.15, 0.2) is 6.61 Å². The Balaban J connectivity index is 1.69. The first-order valence-electron chi connectivity index (χ1n) is 7.37. The largest absolute Gasteiger partial charge is 0.497 e. The highest BCUT2D eigenvalue weighted by atomic mass is 16.5. The monoisotopic (exact) mass is 315 g/mol. The second kappa shape index (κ2) is 8.68. The van der Waals surface area contributed by atoms with E-state index in [1.54, 1.807) is 43.3 Å². The molecular weight excluding hydrogens is 294 g/mol. The van der Waals surface area contributed by atoms with Crippen molar-refractivity contribution in [1.29, 1.82) is 0 Å². The normalized spacial score (nSPS) is 10.0. The molecule has 0 aliphatic heterocycles. The van der Waals surface area contributed by atoms with Gasteiger partial charge in [0.1, 0.15) is 23.9 Å². The Kier molecular flexibility index (Phi) is 6.29. The molecule has 0 atom stereocenters. The maximum atomic E-state index is 12.0. The molecule has 0 fully saturated rings. The molecule has 0 saturated carbocycles. The van der Waals surface area contributed by atoms with Gasteiger partial charge in [-0.3, -0.25) is 4.79 Å². The number of para-hydroxylation sites is 1. The van der Waals surface area contributed by atoms with Crippen molar-refractivity contribution < 1.29 is 19.0 Å². The number of rotatable bonds is 8. The third-order valence-corrected chi connectivity index (χ3v) is 3.29. The summed E-state index contributed by atoms with van der Waals surface area (Å²) >= 11 is 0. The molecule has 0 aliphatic rings. The van der Waals surface area contributed by atoms with Crippen LogP contribution >= 0.6 is 0 Å². The number of hydrogen-bond acceptors (Lipinski definition) is 4. The van der Waals surface area contributed by atoms with Gasteiger partial charge >= 0.3 is 0 Å². The molecule has 0 bridgehead atoms. The number of ether oxygens (including phenoxy) is 3. The van der Waals surface area contributed by atoms with Crippen molar-refractivity contribution in [3.63, 3.8) is 0 Å². The zero-order chi connectivity index (χ0) is 16.5. The van der Waals surface area contributed by atoms with Crippen molar-refractivity contribution in [2.45, 2.75) is 0 Å². The standard InChI is InChI=1S/C18H21NO4/c1-19(12-13-22-16-6-4-3-5-7-16)18(20)14-23-17-10-8-15(21-2)9-11-17/h3-11H,12-14H2,1-2H3. The molecule has 1 amide bonds. The maximum absolute atomic E-state index is 12.0. The Labute approximate surface area is 136 Å². The van der Waals surface area contributed by atoms with E-state index in [0.29, 0.717) is 18.9 Å². The van der Waals surface area contributed by atoms with Crippen LogP contribution in [0.3, 0.4) is 0 Å². The molecule has 0 N–H and O–H groups in total. The van der Waals surface area contributed by atoms with Gasteiger partial charge in [-0.05, 0) is 36.4 Å². The molecule has 23 heavy (non-hydrogen) atoms. The Morgan fingerprint density at radius 3 is 2.17 bits per heavy atom. The summed E-state index contributed by atoms with van der Waals surface area (Å²) in [5.41, 5.74) is 0. The molecule has 0 unspecified atom stereocenters. The molecule has 0 saturated heterocycles. The van der Waals surface area contributed by atoms with Crippen molar-refractivity contribution in [3.05, 3.63) is 54.6 Å². The van der Waals surface area contributed by atoms with Crippen LogP contribution in [-0.4, -0.2) is 44.7 Å². The summed E-state index contributed by atoms with van der Waals surface area (Å²) in [5, 5.41) is 0. The fraction of sp³-hybridized carbons (Fsp3) is 0.278. The molecular formula is C18H21NO4. The van der Waals surface area contributed by atoms with Gasteiger partial charge < -0.3 is 19.1 Å². The summed E-state index contributed by atoms with van der Waals surface area (Å²) in [7, 11) is 3.33. The van der Waals surface area contributed by atoms with E-state index < -0.39 is 0 Å². The molecule has 0 spiro atoms. The minimum atomic E-state index is -0.0996. The minimum Gasteiger partial charge on any atom is -0.497 e. The van der Waals surface area contributed by atoms with Crippen molar-refractivity contribution >= 4 is 5.91 Å². The fourth-order valence-corrected chi connectivity index (χ4v) is 1.87. The highest BCUT2D eigenvalue weighted by Crippen LogP contribution is 2.16. The minimum absolute atomic E-state index is 0.00579. The summed E-state index contributed by atoms with van der Waals surface area (Å²) < 4.78 is 16.1. The fourth-order valence-electron chi connectivity index (χ4n) is 1.87. The quantitative estimate of drug-likeness (QED) is 0.751. The lowest BCUT2D eigenvalue weighted by Gasteiger charge is -2.17. The Morgan fingerprint density at radius 1 is 0.913 bits per heavy atom. The van der Waals surface area contributed by atoms with E-state index in [0.717, 1.165) is 11.5 Å². The molecule has 2 aromatic carbocycles. The number of nitrogens with zero attached hydrogens (tertiary/aromatic N) is 1. The van der Waals surface area contributed by atoms with E-state index in [-0.39, 0.29) is 12.5 Å². The predicted molar refractivity (Wildman–Crippen MR) is 88.1 cm³/mol. The molecule has 0 aliphatic carbocycles. The van der Waals surface area contributed by atoms with Crippen LogP contribution in [0.5, 0.6) is 17.2 Å². The average molecular weight is 315 g/mol. The van der Waals surface area contributed by atoms with Gasteiger partial charge in [-0.15, -0.1) is 0 Å². The lowest BCUT2D eigenvalue weighted by atomic mass is 10.3. The molecule has 0 heterocycles. The van der Waals surface area contributed by atoms with Crippen LogP contribution in [0.4, 0.5) is 0 Å². The summed E-state index contributed by atoms with van der Waals surface area (Å²) in [4.78, 5) is 13.6. The van der Waals surface area contributed by atoms with Crippen molar-refractivity contribution in [1.82, 2.24) is 4.90 Å². The first-order valence-corrected chi connectivity index (χ1v) is 7.37. The highest BCUT2D eigenvalue weighted by molar-refractivity contribution is 5.77. The zero-order valence-electron chi connectivity index (χ0n) is 13.4. The first-order chi connectivity index (χ1) is 11.2. The zero-order valence-corrected chi connectivity index (χ0v) is 13.4. The topological polar surface area (TPSA) is 48.0 Å². The maximum Gasteiger partial charge on any atom is 0.260 e. The summed E-state index contributed by atoms with van der Waals surface area (Å²) in [5.74, 6) is 2.08. The van der Waals surface area contributed by atoms with Crippen molar-refractivity contribution in [3.8, 4) is 17.2 Å². The Morgan fingerprint density at radius 2 is 1.52 bits per heavy atom. The van der Waals surface area contributed by atoms with E-state index in [1.165, 1.54) is 0 Å². The number of amides is 1. The average Bonchev–Trinajstić information content (AvgIpc) is 2.61. The molecule has 2 aromatic rings. The van der Waals surface area contributed by atoms with Gasteiger partial charge in [0.05, 0.1) is 13.7 Å². The van der Waals surface area contributed by atoms with E-state index in [4.69, 9.17) is 14.2 Å². The molecule has 0 aromatic heterocycles.